The summed E-state index contributed by atoms with van der Waals surface area (Å²) in [5.74, 6) is 0. The third-order valence-electron chi connectivity index (χ3n) is 1.89. The summed E-state index contributed by atoms with van der Waals surface area (Å²) >= 11 is -0.756. The predicted octanol–water partition coefficient (Wildman–Crippen LogP) is 1.73. The van der Waals surface area contributed by atoms with Gasteiger partial charge in [0.2, 0.25) is 0 Å². The summed E-state index contributed by atoms with van der Waals surface area (Å²) < 4.78 is 2.81. The van der Waals surface area contributed by atoms with E-state index in [4.69, 9.17) is 0 Å². The van der Waals surface area contributed by atoms with Crippen molar-refractivity contribution in [2.75, 3.05) is 0 Å². The van der Waals surface area contributed by atoms with Gasteiger partial charge in [-0.3, -0.25) is 0 Å². The Morgan fingerprint density at radius 1 is 1.25 bits per heavy atom. The van der Waals surface area contributed by atoms with Crippen molar-refractivity contribution >= 4 is 30.8 Å². The monoisotopic (exact) mass is 266 g/mol. The first-order chi connectivity index (χ1) is 5.88. The molecule has 1 rings (SSSR count). The van der Waals surface area contributed by atoms with Crippen molar-refractivity contribution in [3.05, 3.63) is 49.1 Å². The van der Waals surface area contributed by atoms with E-state index in [1.54, 1.807) is 3.58 Å². The number of hydrogen-bond acceptors (Lipinski definition) is 0. The maximum atomic E-state index is 3.81. The van der Waals surface area contributed by atoms with Crippen LogP contribution in [0.15, 0.2) is 43.5 Å². The summed E-state index contributed by atoms with van der Waals surface area (Å²) in [6.07, 6.45) is 3.99. The van der Waals surface area contributed by atoms with Gasteiger partial charge in [-0.1, -0.05) is 0 Å². The van der Waals surface area contributed by atoms with Crippen molar-refractivity contribution in [1.82, 2.24) is 0 Å². The molecule has 0 bridgehead atoms. The Bertz CT molecular complexity index is 276. The first-order valence-electron chi connectivity index (χ1n) is 4.19. The fourth-order valence-electron chi connectivity index (χ4n) is 1.22. The third kappa shape index (κ3) is 2.52. The van der Waals surface area contributed by atoms with Gasteiger partial charge in [0.25, 0.3) is 0 Å². The number of rotatable bonds is 4. The summed E-state index contributed by atoms with van der Waals surface area (Å²) in [5.41, 5.74) is 1.33. The fraction of sp³-hybridized carbons (Fsp3) is 0.0909. The molecule has 0 radical (unpaired) electrons. The molecule has 62 valence electrons. The summed E-state index contributed by atoms with van der Waals surface area (Å²) in [7, 11) is 0. The Hall–Kier alpha value is -0.501. The van der Waals surface area contributed by atoms with Crippen LogP contribution in [0.2, 0.25) is 4.44 Å². The molecule has 0 atom stereocenters. The predicted molar refractivity (Wildman–Crippen MR) is 59.7 cm³/mol. The van der Waals surface area contributed by atoms with E-state index < -0.39 is 21.1 Å². The third-order valence-corrected chi connectivity index (χ3v) is 7.26. The van der Waals surface area contributed by atoms with Crippen LogP contribution in [0.1, 0.15) is 5.56 Å². The molecule has 0 unspecified atom stereocenters. The molecular formula is C11H14Sn. The van der Waals surface area contributed by atoms with E-state index in [1.807, 2.05) is 12.2 Å². The van der Waals surface area contributed by atoms with Gasteiger partial charge in [-0.2, -0.15) is 0 Å². The van der Waals surface area contributed by atoms with Crippen LogP contribution in [0.5, 0.6) is 0 Å². The minimum absolute atomic E-state index is 0.756. The maximum absolute atomic E-state index is 3.81. The molecule has 1 aromatic rings. The zero-order chi connectivity index (χ0) is 8.81. The SMILES string of the molecule is C=C[CH2][SnH2][c]1ccccc1C=C. The Morgan fingerprint density at radius 3 is 2.67 bits per heavy atom. The zero-order valence-electron chi connectivity index (χ0n) is 7.29. The van der Waals surface area contributed by atoms with Crippen LogP contribution in [-0.2, 0) is 0 Å². The van der Waals surface area contributed by atoms with E-state index in [2.05, 4.69) is 37.4 Å². The second-order valence-corrected chi connectivity index (χ2v) is 7.98. The topological polar surface area (TPSA) is 0 Å². The molecular weight excluding hydrogens is 251 g/mol. The van der Waals surface area contributed by atoms with Gasteiger partial charge in [0.1, 0.15) is 0 Å². The van der Waals surface area contributed by atoms with Crippen LogP contribution in [0, 0.1) is 0 Å². The standard InChI is InChI=1S/C8H7.C3H5.Sn.2H/c1-2-8-6-4-3-5-7-8;1-3-2;;;/h2-6H,1H2;3H,1-2H2;;;. The van der Waals surface area contributed by atoms with Crippen molar-refractivity contribution in [1.29, 1.82) is 0 Å². The average Bonchev–Trinajstić information content (AvgIpc) is 2.15. The van der Waals surface area contributed by atoms with Crippen LogP contribution < -0.4 is 3.58 Å². The van der Waals surface area contributed by atoms with E-state index in [-0.39, 0.29) is 0 Å². The summed E-state index contributed by atoms with van der Waals surface area (Å²) in [6, 6.07) is 8.56. The quantitative estimate of drug-likeness (QED) is 0.574. The molecule has 0 aliphatic heterocycles. The van der Waals surface area contributed by atoms with Gasteiger partial charge >= 0.3 is 84.3 Å². The van der Waals surface area contributed by atoms with E-state index in [0.29, 0.717) is 0 Å². The number of benzene rings is 1. The summed E-state index contributed by atoms with van der Waals surface area (Å²) in [5, 5.41) is 0. The van der Waals surface area contributed by atoms with Gasteiger partial charge < -0.3 is 0 Å². The summed E-state index contributed by atoms with van der Waals surface area (Å²) in [6.45, 7) is 7.57. The molecule has 0 heterocycles. The van der Waals surface area contributed by atoms with Crippen LogP contribution in [0.3, 0.4) is 0 Å². The van der Waals surface area contributed by atoms with Crippen molar-refractivity contribution in [3.8, 4) is 0 Å². The Labute approximate surface area is 84.2 Å². The van der Waals surface area contributed by atoms with Crippen molar-refractivity contribution in [2.24, 2.45) is 0 Å². The van der Waals surface area contributed by atoms with Gasteiger partial charge in [0, 0.05) is 0 Å². The first kappa shape index (κ1) is 9.59. The van der Waals surface area contributed by atoms with Gasteiger partial charge in [-0.15, -0.1) is 0 Å². The van der Waals surface area contributed by atoms with E-state index >= 15 is 0 Å². The molecule has 0 fully saturated rings. The molecule has 0 spiro atoms. The minimum atomic E-state index is -0.756. The molecule has 0 nitrogen and oxygen atoms in total. The Morgan fingerprint density at radius 2 is 2.00 bits per heavy atom. The molecule has 0 N–H and O–H groups in total. The number of allylic oxidation sites excluding steroid dienone is 1. The summed E-state index contributed by atoms with van der Waals surface area (Å²) in [4.78, 5) is 0. The van der Waals surface area contributed by atoms with E-state index in [1.165, 1.54) is 10.0 Å². The van der Waals surface area contributed by atoms with Crippen LogP contribution in [0.4, 0.5) is 0 Å². The number of hydrogen-bond donors (Lipinski definition) is 0. The van der Waals surface area contributed by atoms with Crippen molar-refractivity contribution in [2.45, 2.75) is 4.44 Å². The van der Waals surface area contributed by atoms with Gasteiger partial charge in [0.15, 0.2) is 0 Å². The molecule has 1 heteroatoms. The van der Waals surface area contributed by atoms with Crippen molar-refractivity contribution in [3.63, 3.8) is 0 Å². The van der Waals surface area contributed by atoms with E-state index in [0.717, 1.165) is 0 Å². The van der Waals surface area contributed by atoms with Crippen LogP contribution in [-0.4, -0.2) is 21.1 Å². The van der Waals surface area contributed by atoms with Gasteiger partial charge in [-0.05, 0) is 0 Å². The van der Waals surface area contributed by atoms with Crippen LogP contribution >= 0.6 is 0 Å². The zero-order valence-corrected chi connectivity index (χ0v) is 11.3. The van der Waals surface area contributed by atoms with Gasteiger partial charge in [-0.25, -0.2) is 0 Å². The molecule has 0 aliphatic rings. The molecule has 1 aromatic carbocycles. The van der Waals surface area contributed by atoms with Crippen molar-refractivity contribution < 1.29 is 0 Å². The molecule has 0 amide bonds. The Balaban J connectivity index is 2.81. The molecule has 0 aromatic heterocycles. The van der Waals surface area contributed by atoms with E-state index in [9.17, 15) is 0 Å². The molecule has 0 saturated carbocycles. The molecule has 0 saturated heterocycles. The Kier molecular flexibility index (Phi) is 4.15. The molecule has 0 aliphatic carbocycles. The molecule has 12 heavy (non-hydrogen) atoms. The van der Waals surface area contributed by atoms with Gasteiger partial charge in [0.05, 0.1) is 0 Å². The second kappa shape index (κ2) is 5.20. The first-order valence-corrected chi connectivity index (χ1v) is 9.07. The fourth-order valence-corrected chi connectivity index (χ4v) is 5.13. The normalized spacial score (nSPS) is 10.3. The average molecular weight is 265 g/mol. The second-order valence-electron chi connectivity index (χ2n) is 2.73. The van der Waals surface area contributed by atoms with Crippen LogP contribution in [0.25, 0.3) is 6.08 Å².